The topological polar surface area (TPSA) is 458 Å². The number of nitrogen functional groups attached to an aromatic ring is 4. The minimum Gasteiger partial charge on any atom is -0.478 e. The summed E-state index contributed by atoms with van der Waals surface area (Å²) in [5.74, 6) is -12.3. The van der Waals surface area contributed by atoms with Crippen molar-refractivity contribution >= 4 is 188 Å². The van der Waals surface area contributed by atoms with E-state index in [0.29, 0.717) is 75.3 Å². The van der Waals surface area contributed by atoms with Gasteiger partial charge in [0.1, 0.15) is 68.5 Å². The number of aromatic carboxylic acids is 2. The second kappa shape index (κ2) is 50.7. The van der Waals surface area contributed by atoms with E-state index in [9.17, 15) is 99.8 Å². The monoisotopic (exact) mass is 2340 g/mol. The first-order valence-electron chi connectivity index (χ1n) is 41.1. The maximum Gasteiger partial charge on any atom is 0.471 e. The van der Waals surface area contributed by atoms with Gasteiger partial charge in [0, 0.05) is 85.1 Å². The van der Waals surface area contributed by atoms with Crippen LogP contribution >= 0.6 is 79.4 Å². The molecule has 14 rings (SSSR count). The number of piperidine rings is 1. The Morgan fingerprint density at radius 2 is 0.830 bits per heavy atom. The molecule has 2 fully saturated rings. The number of amides is 4. The Morgan fingerprint density at radius 3 is 1.28 bits per heavy atom. The zero-order chi connectivity index (χ0) is 106. The number of hydroxylamine groups is 4. The van der Waals surface area contributed by atoms with Gasteiger partial charge in [-0.05, 0) is 293 Å². The SMILES string of the molecule is CC(=O)c1cc(C)cc(F)c1N.CC(=O)c1cc(C)cc(F)c1NC(=O)C(F)(F)F.CON(C)C(=O)c1cc(I)cc(F)c1N.CON(C)C(=O)c1cc(I)cc(F)c1NC(=O)C(F)(F)F.Cc1cc(F)c2nc(Cl)c(-c3nc(C)no3)c(C)c2c1.Cc1cc(F)c2nc(N3CCC(NC4CCOCC4)CC3)c(-c3nc(C)no3)c(C)c2c1.Nc1c(F)cc(I)cc1C(=O)O.Nc1c(F)cccc1C(=O)O. The normalized spacial score (nSPS) is 12.4. The molecular weight excluding hydrogens is 2250 g/mol. The van der Waals surface area contributed by atoms with Crippen LogP contribution in [0.15, 0.2) is 112 Å². The summed E-state index contributed by atoms with van der Waals surface area (Å²) in [6, 6.07) is 23.8. The summed E-state index contributed by atoms with van der Waals surface area (Å²) in [6.07, 6.45) is -6.19. The number of carboxylic acids is 2. The number of carbonyl (C=O) groups excluding carboxylic acids is 6. The first-order chi connectivity index (χ1) is 65.8. The van der Waals surface area contributed by atoms with Crippen LogP contribution in [0.2, 0.25) is 5.15 Å². The summed E-state index contributed by atoms with van der Waals surface area (Å²) in [5, 5.41) is 34.6. The molecular formula is C92H90ClF14I3N16O15. The molecule has 0 radical (unpaired) electrons. The number of alkyl halides is 6. The van der Waals surface area contributed by atoms with E-state index in [1.54, 1.807) is 55.5 Å². The van der Waals surface area contributed by atoms with Gasteiger partial charge in [0.25, 0.3) is 23.6 Å². The molecule has 49 heteroatoms. The zero-order valence-corrected chi connectivity index (χ0v) is 84.2. The molecule has 0 spiro atoms. The van der Waals surface area contributed by atoms with E-state index in [0.717, 1.165) is 134 Å². The number of ether oxygens (including phenoxy) is 1. The highest BCUT2D eigenvalue weighted by molar-refractivity contribution is 14.1. The maximum atomic E-state index is 14.9. The van der Waals surface area contributed by atoms with Crippen LogP contribution < -0.4 is 43.8 Å². The molecule has 31 nitrogen and oxygen atoms in total. The fourth-order valence-electron chi connectivity index (χ4n) is 13.3. The zero-order valence-electron chi connectivity index (χ0n) is 77.0. The van der Waals surface area contributed by atoms with Crippen molar-refractivity contribution < 1.29 is 133 Å². The lowest BCUT2D eigenvalue weighted by Crippen LogP contribution is -2.48. The molecule has 4 amide bonds. The van der Waals surface area contributed by atoms with Crippen molar-refractivity contribution in [1.82, 2.24) is 45.7 Å². The van der Waals surface area contributed by atoms with Gasteiger partial charge in [-0.1, -0.05) is 28.0 Å². The van der Waals surface area contributed by atoms with Gasteiger partial charge in [0.05, 0.1) is 81.7 Å². The largest absolute Gasteiger partial charge is 0.478 e. The number of benzene rings is 8. The number of aromatic nitrogens is 6. The van der Waals surface area contributed by atoms with Crippen LogP contribution in [0.25, 0.3) is 44.7 Å². The Hall–Kier alpha value is -12.6. The van der Waals surface area contributed by atoms with Crippen LogP contribution in [0.1, 0.15) is 147 Å². The van der Waals surface area contributed by atoms with Gasteiger partial charge in [0.15, 0.2) is 23.2 Å². The van der Waals surface area contributed by atoms with Crippen LogP contribution in [0.4, 0.5) is 101 Å². The minimum atomic E-state index is -5.21. The average molecular weight is 2340 g/mol. The van der Waals surface area contributed by atoms with Gasteiger partial charge < -0.3 is 67.8 Å². The fraction of sp³-hybridized carbons (Fsp3) is 0.283. The molecule has 0 aliphatic carbocycles. The number of nitrogens with two attached hydrogens (primary N) is 4. The summed E-state index contributed by atoms with van der Waals surface area (Å²) in [6.45, 7) is 20.0. The van der Waals surface area contributed by atoms with Crippen LogP contribution in [0.3, 0.4) is 0 Å². The highest BCUT2D eigenvalue weighted by Gasteiger charge is 2.42. The molecule has 0 unspecified atom stereocenters. The third kappa shape index (κ3) is 31.2. The number of Topliss-reactive ketones (excluding diaryl/α,β-unsaturated/α-hetero) is 2. The quantitative estimate of drug-likeness (QED) is 0.0115. The van der Waals surface area contributed by atoms with Crippen molar-refractivity contribution in [1.29, 1.82) is 0 Å². The summed E-state index contributed by atoms with van der Waals surface area (Å²) in [5.41, 5.74) is 24.3. The number of rotatable bonds is 15. The van der Waals surface area contributed by atoms with Gasteiger partial charge in [-0.3, -0.25) is 38.4 Å². The molecule has 4 aromatic heterocycles. The molecule has 141 heavy (non-hydrogen) atoms. The second-order valence-corrected chi connectivity index (χ2v) is 35.0. The first-order valence-corrected chi connectivity index (χ1v) is 44.8. The van der Waals surface area contributed by atoms with Gasteiger partial charge in [0.2, 0.25) is 0 Å². The van der Waals surface area contributed by atoms with E-state index in [4.69, 9.17) is 68.4 Å². The number of carboxylic acid groups (broad SMARTS) is 2. The third-order valence-electron chi connectivity index (χ3n) is 20.4. The van der Waals surface area contributed by atoms with Gasteiger partial charge in [-0.2, -0.15) is 36.3 Å². The van der Waals surface area contributed by atoms with Gasteiger partial charge in [-0.25, -0.2) is 64.8 Å². The third-order valence-corrected chi connectivity index (χ3v) is 22.5. The lowest BCUT2D eigenvalue weighted by atomic mass is 9.98. The van der Waals surface area contributed by atoms with Crippen molar-refractivity contribution in [3.05, 3.63) is 244 Å². The van der Waals surface area contributed by atoms with Crippen LogP contribution in [-0.4, -0.2) is 177 Å². The molecule has 2 aliphatic rings. The fourth-order valence-corrected chi connectivity index (χ4v) is 15.4. The van der Waals surface area contributed by atoms with E-state index in [2.05, 4.69) is 40.3 Å². The number of para-hydroxylation sites is 1. The smallest absolute Gasteiger partial charge is 0.471 e. The number of aryl methyl sites for hydroxylation is 8. The van der Waals surface area contributed by atoms with Crippen molar-refractivity contribution in [3.8, 4) is 22.9 Å². The van der Waals surface area contributed by atoms with E-state index < -0.39 is 111 Å². The molecule has 0 saturated carbocycles. The number of halogens is 18. The number of hydrogen-bond acceptors (Lipinski definition) is 25. The summed E-state index contributed by atoms with van der Waals surface area (Å²) >= 11 is 11.6. The van der Waals surface area contributed by atoms with Gasteiger partial charge >= 0.3 is 36.1 Å². The molecule has 13 N–H and O–H groups in total. The van der Waals surface area contributed by atoms with E-state index >= 15 is 0 Å². The van der Waals surface area contributed by atoms with E-state index in [1.807, 2.05) is 85.0 Å². The van der Waals surface area contributed by atoms with Crippen LogP contribution in [0, 0.1) is 113 Å². The maximum absolute atomic E-state index is 14.9. The lowest BCUT2D eigenvalue weighted by molar-refractivity contribution is -0.167. The molecule has 2 aliphatic heterocycles. The number of ketones is 2. The Bertz CT molecular complexity index is 6620. The minimum absolute atomic E-state index is 0.0619. The number of fused-ring (bicyclic) bond motifs is 2. The molecule has 0 atom stereocenters. The Morgan fingerprint density at radius 1 is 0.461 bits per heavy atom. The molecule has 12 aromatic rings. The number of pyridine rings is 2. The number of anilines is 7. The predicted octanol–water partition coefficient (Wildman–Crippen LogP) is 19.9. The summed E-state index contributed by atoms with van der Waals surface area (Å²) in [4.78, 5) is 117. The Balaban J connectivity index is 0.000000225. The second-order valence-electron chi connectivity index (χ2n) is 30.9. The van der Waals surface area contributed by atoms with E-state index in [1.165, 1.54) is 100 Å². The standard InChI is InChI=1S/C24H30FN5O2.C14H11ClFN3O.C11H9F4IN2O3.C11H9F4NO2.C9H10FIN2O2.C9H10FNO.C7H5FINO2.C7H6FNO2/c1-14-12-19-15(2)21(24-26-16(3)29-32-24)23(28-22(19)20(25)13-14)30-8-4-17(5-9-30)27-18-6-10-31-11-7-18;1-6-4-9-7(2)11(14-17-8(3)19-20-14)13(15)18-12(9)10(16)5-6;1-18(21-2)9(19)6-3-5(16)4-7(12)8(6)17-10(20)11(13,14)15;1-5-3-7(6(2)17)9(8(12)4-5)16-10(18)11(13,14)15;1-13(15-2)9(14)6-3-5(11)4-7(10)8(6)12;1-5-3-7(6(2)12)9(11)8(10)4-5;8-5-2-3(9)1-4(6(5)10)7(11)12;8-5-3-1-2-4(6(5)9)7(10)11/h12-13,17-18,27H,4-11H2,1-3H3;4-5H,1-3H3;3-4H,1-2H3,(H,17,20);3-4H,1-2H3,(H,16,18);3-4H,12H2,1-2H3;3-4H,11H2,1-2H3;1-2H,10H2,(H,11,12);1-3H,9H2,(H,10,11). The van der Waals surface area contributed by atoms with Gasteiger partial charge in [-0.15, -0.1) is 0 Å². The van der Waals surface area contributed by atoms with E-state index in [-0.39, 0.29) is 76.4 Å². The van der Waals surface area contributed by atoms with Crippen molar-refractivity contribution in [2.75, 3.05) is 93.1 Å². The number of carbonyl (C=O) groups is 8. The number of hydrogen-bond donors (Lipinski definition) is 9. The van der Waals surface area contributed by atoms with Crippen LogP contribution in [-0.2, 0) is 24.0 Å². The number of nitrogens with zero attached hydrogens (tertiary/aromatic N) is 9. The van der Waals surface area contributed by atoms with Crippen molar-refractivity contribution in [3.63, 3.8) is 0 Å². The highest BCUT2D eigenvalue weighted by atomic mass is 127. The Kier molecular flexibility index (Phi) is 41.4. The molecule has 8 aromatic carbocycles. The van der Waals surface area contributed by atoms with Crippen molar-refractivity contribution in [2.45, 2.75) is 119 Å². The lowest BCUT2D eigenvalue weighted by Gasteiger charge is -2.37. The first kappa shape index (κ1) is 115. The molecule has 754 valence electrons. The molecule has 0 bridgehead atoms. The Labute approximate surface area is 840 Å². The summed E-state index contributed by atoms with van der Waals surface area (Å²) in [7, 11) is 5.11. The van der Waals surface area contributed by atoms with Crippen LogP contribution in [0.5, 0.6) is 0 Å². The summed E-state index contributed by atoms with van der Waals surface area (Å²) < 4.78 is 198. The molecule has 6 heterocycles. The molecule has 2 saturated heterocycles. The van der Waals surface area contributed by atoms with Crippen molar-refractivity contribution in [2.24, 2.45) is 0 Å². The predicted molar refractivity (Wildman–Crippen MR) is 521 cm³/mol. The number of nitrogens with one attached hydrogen (secondary N) is 3. The highest BCUT2D eigenvalue weighted by Crippen LogP contribution is 2.40. The average Bonchev–Trinajstić information content (AvgIpc) is 1.73.